The summed E-state index contributed by atoms with van der Waals surface area (Å²) in [4.78, 5) is 17.8. The number of amides is 1. The highest BCUT2D eigenvalue weighted by molar-refractivity contribution is 7.10. The molecule has 0 aliphatic carbocycles. The molecule has 1 N–H and O–H groups in total. The number of morpholine rings is 1. The molecule has 2 rings (SSSR count). The summed E-state index contributed by atoms with van der Waals surface area (Å²) in [6.07, 6.45) is 0. The SMILES string of the molecule is COCCNCC(=O)N(C)CC(c1cccs1)N1CCOCC1. The maximum Gasteiger partial charge on any atom is 0.236 e. The second-order valence-corrected chi connectivity index (χ2v) is 6.60. The predicted octanol–water partition coefficient (Wildman–Crippen LogP) is 0.816. The van der Waals surface area contributed by atoms with Gasteiger partial charge in [0.1, 0.15) is 0 Å². The third-order valence-corrected chi connectivity index (χ3v) is 4.96. The van der Waals surface area contributed by atoms with Crippen LogP contribution in [-0.2, 0) is 14.3 Å². The first-order chi connectivity index (χ1) is 11.2. The zero-order valence-corrected chi connectivity index (χ0v) is 14.8. The van der Waals surface area contributed by atoms with Crippen molar-refractivity contribution < 1.29 is 14.3 Å². The van der Waals surface area contributed by atoms with Gasteiger partial charge in [0.15, 0.2) is 0 Å². The van der Waals surface area contributed by atoms with Gasteiger partial charge in [-0.15, -0.1) is 11.3 Å². The molecule has 7 heteroatoms. The minimum absolute atomic E-state index is 0.107. The van der Waals surface area contributed by atoms with E-state index in [9.17, 15) is 4.79 Å². The molecule has 1 aliphatic heterocycles. The normalized spacial score (nSPS) is 17.1. The summed E-state index contributed by atoms with van der Waals surface area (Å²) in [5, 5.41) is 5.20. The Hall–Kier alpha value is -0.990. The maximum atomic E-state index is 12.3. The van der Waals surface area contributed by atoms with Gasteiger partial charge in [0, 0.05) is 45.2 Å². The highest BCUT2D eigenvalue weighted by Gasteiger charge is 2.25. The largest absolute Gasteiger partial charge is 0.383 e. The first-order valence-corrected chi connectivity index (χ1v) is 8.89. The first-order valence-electron chi connectivity index (χ1n) is 8.01. The molecule has 23 heavy (non-hydrogen) atoms. The Balaban J connectivity index is 1.90. The van der Waals surface area contributed by atoms with Gasteiger partial charge in [-0.05, 0) is 11.4 Å². The summed E-state index contributed by atoms with van der Waals surface area (Å²) in [5.41, 5.74) is 0. The van der Waals surface area contributed by atoms with Crippen LogP contribution in [0.2, 0.25) is 0 Å². The van der Waals surface area contributed by atoms with Gasteiger partial charge in [-0.25, -0.2) is 0 Å². The smallest absolute Gasteiger partial charge is 0.236 e. The Morgan fingerprint density at radius 1 is 1.52 bits per heavy atom. The van der Waals surface area contributed by atoms with E-state index in [0.29, 0.717) is 26.2 Å². The van der Waals surface area contributed by atoms with Gasteiger partial charge in [-0.1, -0.05) is 6.07 Å². The van der Waals surface area contributed by atoms with Gasteiger partial charge in [0.05, 0.1) is 32.4 Å². The van der Waals surface area contributed by atoms with Gasteiger partial charge in [-0.3, -0.25) is 9.69 Å². The molecule has 0 saturated carbocycles. The number of methoxy groups -OCH3 is 1. The van der Waals surface area contributed by atoms with E-state index in [1.807, 2.05) is 11.9 Å². The highest BCUT2D eigenvalue weighted by Crippen LogP contribution is 2.26. The lowest BCUT2D eigenvalue weighted by Gasteiger charge is -2.36. The molecule has 1 fully saturated rings. The van der Waals surface area contributed by atoms with Gasteiger partial charge in [0.2, 0.25) is 5.91 Å². The summed E-state index contributed by atoms with van der Waals surface area (Å²) in [6, 6.07) is 4.47. The number of carbonyl (C=O) groups excluding carboxylic acids is 1. The van der Waals surface area contributed by atoms with Crippen molar-refractivity contribution in [3.05, 3.63) is 22.4 Å². The average Bonchev–Trinajstić information content (AvgIpc) is 3.11. The standard InChI is InChI=1S/C16H27N3O3S/c1-18(16(20)12-17-5-8-21-2)13-14(15-4-3-11-23-15)19-6-9-22-10-7-19/h3-4,11,14,17H,5-10,12-13H2,1-2H3. The molecule has 6 nitrogen and oxygen atoms in total. The van der Waals surface area contributed by atoms with Crippen LogP contribution in [0.3, 0.4) is 0 Å². The van der Waals surface area contributed by atoms with Crippen LogP contribution >= 0.6 is 11.3 Å². The second kappa shape index (κ2) is 10.00. The number of likely N-dealkylation sites (N-methyl/N-ethyl adjacent to an activating group) is 1. The van der Waals surface area contributed by atoms with Crippen LogP contribution in [0, 0.1) is 0 Å². The summed E-state index contributed by atoms with van der Waals surface area (Å²) in [6.45, 7) is 5.70. The van der Waals surface area contributed by atoms with Crippen LogP contribution in [-0.4, -0.2) is 82.4 Å². The van der Waals surface area contributed by atoms with Crippen LogP contribution in [0.1, 0.15) is 10.9 Å². The Kier molecular flexibility index (Phi) is 7.98. The summed E-state index contributed by atoms with van der Waals surface area (Å²) < 4.78 is 10.4. The van der Waals surface area contributed by atoms with Crippen LogP contribution in [0.15, 0.2) is 17.5 Å². The molecule has 0 aromatic carbocycles. The Labute approximate surface area is 142 Å². The second-order valence-electron chi connectivity index (χ2n) is 5.62. The van der Waals surface area contributed by atoms with Crippen molar-refractivity contribution in [2.24, 2.45) is 0 Å². The molecule has 0 bridgehead atoms. The van der Waals surface area contributed by atoms with Gasteiger partial charge >= 0.3 is 0 Å². The lowest BCUT2D eigenvalue weighted by atomic mass is 10.1. The van der Waals surface area contributed by atoms with Crippen molar-refractivity contribution in [2.45, 2.75) is 6.04 Å². The maximum absolute atomic E-state index is 12.3. The summed E-state index contributed by atoms with van der Waals surface area (Å²) in [7, 11) is 3.53. The number of nitrogens with zero attached hydrogens (tertiary/aromatic N) is 2. The third-order valence-electron chi connectivity index (χ3n) is 3.99. The first kappa shape index (κ1) is 18.4. The Bertz CT molecular complexity index is 449. The van der Waals surface area contributed by atoms with E-state index in [-0.39, 0.29) is 11.9 Å². The van der Waals surface area contributed by atoms with Crippen molar-refractivity contribution in [1.29, 1.82) is 0 Å². The minimum Gasteiger partial charge on any atom is -0.383 e. The number of nitrogens with one attached hydrogen (secondary N) is 1. The third kappa shape index (κ3) is 5.86. The fourth-order valence-electron chi connectivity index (χ4n) is 2.62. The van der Waals surface area contributed by atoms with Crippen LogP contribution in [0.4, 0.5) is 0 Å². The molecular formula is C16H27N3O3S. The van der Waals surface area contributed by atoms with Gasteiger partial charge < -0.3 is 19.7 Å². The number of hydrogen-bond donors (Lipinski definition) is 1. The van der Waals surface area contributed by atoms with E-state index in [0.717, 1.165) is 26.3 Å². The topological polar surface area (TPSA) is 54.0 Å². The summed E-state index contributed by atoms with van der Waals surface area (Å²) in [5.74, 6) is 0.107. The van der Waals surface area contributed by atoms with Crippen molar-refractivity contribution in [3.8, 4) is 0 Å². The molecule has 1 aromatic rings. The minimum atomic E-state index is 0.107. The van der Waals surface area contributed by atoms with Crippen molar-refractivity contribution in [3.63, 3.8) is 0 Å². The molecule has 0 radical (unpaired) electrons. The predicted molar refractivity (Wildman–Crippen MR) is 91.8 cm³/mol. The molecule has 1 aromatic heterocycles. The van der Waals surface area contributed by atoms with E-state index in [1.165, 1.54) is 4.88 Å². The Morgan fingerprint density at radius 3 is 2.96 bits per heavy atom. The zero-order valence-electron chi connectivity index (χ0n) is 14.0. The molecule has 1 unspecified atom stereocenters. The van der Waals surface area contributed by atoms with E-state index >= 15 is 0 Å². The molecule has 1 saturated heterocycles. The van der Waals surface area contributed by atoms with Crippen LogP contribution < -0.4 is 5.32 Å². The van der Waals surface area contributed by atoms with Gasteiger partial charge in [0.25, 0.3) is 0 Å². The average molecular weight is 341 g/mol. The quantitative estimate of drug-likeness (QED) is 0.674. The number of ether oxygens (including phenoxy) is 2. The van der Waals surface area contributed by atoms with Crippen molar-refractivity contribution in [1.82, 2.24) is 15.1 Å². The zero-order chi connectivity index (χ0) is 16.5. The lowest BCUT2D eigenvalue weighted by molar-refractivity contribution is -0.130. The fourth-order valence-corrected chi connectivity index (χ4v) is 3.47. The summed E-state index contributed by atoms with van der Waals surface area (Å²) >= 11 is 1.75. The highest BCUT2D eigenvalue weighted by atomic mass is 32.1. The van der Waals surface area contributed by atoms with Crippen molar-refractivity contribution >= 4 is 17.2 Å². The lowest BCUT2D eigenvalue weighted by Crippen LogP contribution is -2.45. The van der Waals surface area contributed by atoms with E-state index < -0.39 is 0 Å². The van der Waals surface area contributed by atoms with E-state index in [4.69, 9.17) is 9.47 Å². The van der Waals surface area contributed by atoms with E-state index in [1.54, 1.807) is 18.4 Å². The van der Waals surface area contributed by atoms with E-state index in [2.05, 4.69) is 27.7 Å². The molecule has 130 valence electrons. The number of rotatable bonds is 9. The molecule has 0 spiro atoms. The van der Waals surface area contributed by atoms with Crippen molar-refractivity contribution in [2.75, 3.05) is 66.7 Å². The Morgan fingerprint density at radius 2 is 2.30 bits per heavy atom. The number of carbonyl (C=O) groups is 1. The number of thiophene rings is 1. The van der Waals surface area contributed by atoms with Gasteiger partial charge in [-0.2, -0.15) is 0 Å². The van der Waals surface area contributed by atoms with Crippen LogP contribution in [0.25, 0.3) is 0 Å². The molecule has 1 atom stereocenters. The molecule has 1 amide bonds. The molecule has 2 heterocycles. The molecular weight excluding hydrogens is 314 g/mol. The number of hydrogen-bond acceptors (Lipinski definition) is 6. The monoisotopic (exact) mass is 341 g/mol. The fraction of sp³-hybridized carbons (Fsp3) is 0.688. The van der Waals surface area contributed by atoms with Crippen LogP contribution in [0.5, 0.6) is 0 Å². The molecule has 1 aliphatic rings.